The van der Waals surface area contributed by atoms with Crippen LogP contribution in [-0.2, 0) is 5.41 Å². The van der Waals surface area contributed by atoms with Gasteiger partial charge in [-0.2, -0.15) is 0 Å². The molecule has 0 fully saturated rings. The van der Waals surface area contributed by atoms with E-state index >= 15 is 0 Å². The largest absolute Gasteiger partial charge is 0.309 e. The van der Waals surface area contributed by atoms with E-state index in [1.807, 2.05) is 18.2 Å². The lowest BCUT2D eigenvalue weighted by Crippen LogP contribution is -2.14. The molecule has 0 saturated carbocycles. The number of nitrogens with zero attached hydrogens (tertiary/aromatic N) is 3. The van der Waals surface area contributed by atoms with Crippen LogP contribution in [0, 0.1) is 0 Å². The maximum atomic E-state index is 5.19. The van der Waals surface area contributed by atoms with E-state index in [-0.39, 0.29) is 5.41 Å². The van der Waals surface area contributed by atoms with Gasteiger partial charge in [0.2, 0.25) is 0 Å². The maximum Gasteiger partial charge on any atom is 0.160 e. The van der Waals surface area contributed by atoms with Crippen LogP contribution in [0.3, 0.4) is 0 Å². The van der Waals surface area contributed by atoms with E-state index in [0.717, 1.165) is 43.9 Å². The number of fused-ring (bicyclic) bond motifs is 10. The second-order valence-electron chi connectivity index (χ2n) is 13.0. The first kappa shape index (κ1) is 26.6. The van der Waals surface area contributed by atoms with Crippen LogP contribution in [0.4, 0.5) is 0 Å². The molecule has 0 aliphatic heterocycles. The number of hydrogen-bond acceptors (Lipinski definition) is 3. The van der Waals surface area contributed by atoms with Crippen molar-refractivity contribution in [1.82, 2.24) is 14.5 Å². The van der Waals surface area contributed by atoms with E-state index in [9.17, 15) is 0 Å². The molecule has 3 heterocycles. The molecule has 0 amide bonds. The zero-order valence-corrected chi connectivity index (χ0v) is 26.8. The molecule has 0 bridgehead atoms. The Kier molecular flexibility index (Phi) is 5.50. The predicted octanol–water partition coefficient (Wildman–Crippen LogP) is 11.6. The molecule has 0 N–H and O–H groups in total. The standard InChI is InChI=1S/C43H29N3S/c1-43(2)33-19-11-9-18-31(33)37-34(43)24-23-30-29-17-10-12-20-35(29)46(40(30)37)28-21-22-32-36(25-28)47-41-38(26-13-5-3-6-14-26)44-42(45-39(32)41)27-15-7-4-8-16-27/h3-25H,1-2H3. The van der Waals surface area contributed by atoms with Crippen molar-refractivity contribution in [2.24, 2.45) is 0 Å². The van der Waals surface area contributed by atoms with Crippen molar-refractivity contribution in [1.29, 1.82) is 0 Å². The van der Waals surface area contributed by atoms with Gasteiger partial charge in [-0.25, -0.2) is 9.97 Å². The van der Waals surface area contributed by atoms with E-state index < -0.39 is 0 Å². The van der Waals surface area contributed by atoms with Gasteiger partial charge in [-0.3, -0.25) is 0 Å². The fraction of sp³-hybridized carbons (Fsp3) is 0.0698. The number of aromatic nitrogens is 3. The van der Waals surface area contributed by atoms with E-state index in [4.69, 9.17) is 9.97 Å². The molecule has 222 valence electrons. The Morgan fingerprint density at radius 2 is 1.30 bits per heavy atom. The van der Waals surface area contributed by atoms with Gasteiger partial charge in [0.25, 0.3) is 0 Å². The summed E-state index contributed by atoms with van der Waals surface area (Å²) in [4.78, 5) is 10.4. The van der Waals surface area contributed by atoms with Crippen molar-refractivity contribution in [2.75, 3.05) is 0 Å². The smallest absolute Gasteiger partial charge is 0.160 e. The van der Waals surface area contributed by atoms with Crippen LogP contribution in [-0.4, -0.2) is 14.5 Å². The normalized spacial score (nSPS) is 13.5. The Morgan fingerprint density at radius 1 is 0.596 bits per heavy atom. The van der Waals surface area contributed by atoms with Crippen molar-refractivity contribution in [3.63, 3.8) is 0 Å². The minimum atomic E-state index is -0.0696. The van der Waals surface area contributed by atoms with Crippen LogP contribution >= 0.6 is 11.3 Å². The van der Waals surface area contributed by atoms with Gasteiger partial charge in [0.15, 0.2) is 5.82 Å². The Morgan fingerprint density at radius 3 is 2.13 bits per heavy atom. The summed E-state index contributed by atoms with van der Waals surface area (Å²) in [7, 11) is 0. The quantitative estimate of drug-likeness (QED) is 0.197. The van der Waals surface area contributed by atoms with Gasteiger partial charge in [0.1, 0.15) is 0 Å². The third-order valence-corrected chi connectivity index (χ3v) is 11.2. The molecule has 47 heavy (non-hydrogen) atoms. The first-order valence-corrected chi connectivity index (χ1v) is 16.9. The third-order valence-electron chi connectivity index (χ3n) is 10.0. The zero-order chi connectivity index (χ0) is 31.3. The summed E-state index contributed by atoms with van der Waals surface area (Å²) < 4.78 is 4.81. The summed E-state index contributed by atoms with van der Waals surface area (Å²) in [6.07, 6.45) is 0. The summed E-state index contributed by atoms with van der Waals surface area (Å²) in [5, 5.41) is 3.71. The average molecular weight is 620 g/mol. The predicted molar refractivity (Wildman–Crippen MR) is 198 cm³/mol. The number of thiophene rings is 1. The maximum absolute atomic E-state index is 5.19. The van der Waals surface area contributed by atoms with Crippen LogP contribution in [0.1, 0.15) is 25.0 Å². The van der Waals surface area contributed by atoms with Crippen LogP contribution in [0.2, 0.25) is 0 Å². The molecular weight excluding hydrogens is 591 g/mol. The fourth-order valence-corrected chi connectivity index (χ4v) is 8.98. The summed E-state index contributed by atoms with van der Waals surface area (Å²) in [5.41, 5.74) is 13.1. The van der Waals surface area contributed by atoms with E-state index in [0.29, 0.717) is 0 Å². The molecule has 1 aliphatic rings. The second-order valence-corrected chi connectivity index (χ2v) is 14.0. The fourth-order valence-electron chi connectivity index (χ4n) is 7.79. The highest BCUT2D eigenvalue weighted by molar-refractivity contribution is 7.26. The van der Waals surface area contributed by atoms with Crippen molar-refractivity contribution in [3.05, 3.63) is 151 Å². The van der Waals surface area contributed by atoms with Gasteiger partial charge in [0, 0.05) is 48.7 Å². The lowest BCUT2D eigenvalue weighted by atomic mass is 9.82. The summed E-state index contributed by atoms with van der Waals surface area (Å²) >= 11 is 1.78. The first-order chi connectivity index (χ1) is 23.1. The van der Waals surface area contributed by atoms with Crippen molar-refractivity contribution >= 4 is 53.4 Å². The van der Waals surface area contributed by atoms with Crippen LogP contribution in [0.15, 0.2) is 140 Å². The highest BCUT2D eigenvalue weighted by atomic mass is 32.1. The minimum Gasteiger partial charge on any atom is -0.309 e. The second kappa shape index (κ2) is 9.71. The van der Waals surface area contributed by atoms with Gasteiger partial charge >= 0.3 is 0 Å². The summed E-state index contributed by atoms with van der Waals surface area (Å²) in [5.74, 6) is 0.750. The molecule has 9 aromatic rings. The zero-order valence-electron chi connectivity index (χ0n) is 26.0. The summed E-state index contributed by atoms with van der Waals surface area (Å²) in [6, 6.07) is 50.2. The number of rotatable bonds is 3. The lowest BCUT2D eigenvalue weighted by molar-refractivity contribution is 0.661. The molecule has 0 spiro atoms. The minimum absolute atomic E-state index is 0.0696. The van der Waals surface area contributed by atoms with Crippen LogP contribution in [0.25, 0.3) is 81.6 Å². The molecule has 4 heteroatoms. The molecule has 10 rings (SSSR count). The molecular formula is C43H29N3S. The number of hydrogen-bond donors (Lipinski definition) is 0. The monoisotopic (exact) mass is 619 g/mol. The summed E-state index contributed by atoms with van der Waals surface area (Å²) in [6.45, 7) is 4.71. The lowest BCUT2D eigenvalue weighted by Gasteiger charge is -2.21. The van der Waals surface area contributed by atoms with Crippen LogP contribution < -0.4 is 0 Å². The topological polar surface area (TPSA) is 30.7 Å². The molecule has 0 radical (unpaired) electrons. The number of benzene rings is 6. The molecule has 3 aromatic heterocycles. The van der Waals surface area contributed by atoms with E-state index in [2.05, 4.69) is 140 Å². The number of para-hydroxylation sites is 1. The van der Waals surface area contributed by atoms with Crippen molar-refractivity contribution in [3.8, 4) is 39.5 Å². The molecule has 0 saturated heterocycles. The SMILES string of the molecule is CC1(C)c2ccccc2-c2c1ccc1c3ccccc3n(-c3ccc4c(c3)sc3c(-c5ccccc5)nc(-c5ccccc5)nc34)c21. The van der Waals surface area contributed by atoms with Gasteiger partial charge in [-0.15, -0.1) is 11.3 Å². The average Bonchev–Trinajstić information content (AvgIpc) is 3.74. The van der Waals surface area contributed by atoms with Gasteiger partial charge in [-0.1, -0.05) is 129 Å². The molecule has 6 aromatic carbocycles. The van der Waals surface area contributed by atoms with Gasteiger partial charge in [-0.05, 0) is 41.0 Å². The Hall–Kier alpha value is -5.58. The molecule has 0 unspecified atom stereocenters. The van der Waals surface area contributed by atoms with Crippen molar-refractivity contribution in [2.45, 2.75) is 19.3 Å². The third kappa shape index (κ3) is 3.73. The molecule has 0 atom stereocenters. The molecule has 1 aliphatic carbocycles. The Balaban J connectivity index is 1.28. The van der Waals surface area contributed by atoms with E-state index in [1.54, 1.807) is 11.3 Å². The van der Waals surface area contributed by atoms with Crippen LogP contribution in [0.5, 0.6) is 0 Å². The Labute approximate surface area is 276 Å². The van der Waals surface area contributed by atoms with Gasteiger partial charge < -0.3 is 4.57 Å². The first-order valence-electron chi connectivity index (χ1n) is 16.1. The molecule has 3 nitrogen and oxygen atoms in total. The Bertz CT molecular complexity index is 2700. The van der Waals surface area contributed by atoms with Gasteiger partial charge in [0.05, 0.1) is 26.9 Å². The van der Waals surface area contributed by atoms with Crippen molar-refractivity contribution < 1.29 is 0 Å². The van der Waals surface area contributed by atoms with E-state index in [1.165, 1.54) is 48.8 Å². The highest BCUT2D eigenvalue weighted by Crippen LogP contribution is 2.53. The highest BCUT2D eigenvalue weighted by Gasteiger charge is 2.37.